The highest BCUT2D eigenvalue weighted by atomic mass is 16.5. The molecular weight excluding hydrogens is 252 g/mol. The van der Waals surface area contributed by atoms with Crippen LogP contribution in [-0.2, 0) is 11.3 Å². The lowest BCUT2D eigenvalue weighted by Gasteiger charge is -2.26. The highest BCUT2D eigenvalue weighted by Gasteiger charge is 2.08. The van der Waals surface area contributed by atoms with E-state index in [2.05, 4.69) is 22.2 Å². The number of rotatable bonds is 7. The molecule has 1 aromatic rings. The van der Waals surface area contributed by atoms with Crippen molar-refractivity contribution in [3.05, 3.63) is 29.8 Å². The van der Waals surface area contributed by atoms with Crippen molar-refractivity contribution in [1.82, 2.24) is 10.2 Å². The topological polar surface area (TPSA) is 33.7 Å². The first-order chi connectivity index (χ1) is 9.88. The van der Waals surface area contributed by atoms with E-state index in [0.29, 0.717) is 6.61 Å². The normalized spacial score (nSPS) is 15.8. The summed E-state index contributed by atoms with van der Waals surface area (Å²) in [5, 5.41) is 3.45. The molecular formula is C16H22N2O2. The molecule has 4 heteroatoms. The summed E-state index contributed by atoms with van der Waals surface area (Å²) in [6.07, 6.45) is 5.18. The molecule has 0 aromatic heterocycles. The van der Waals surface area contributed by atoms with E-state index in [1.165, 1.54) is 5.56 Å². The van der Waals surface area contributed by atoms with Crippen molar-refractivity contribution in [3.8, 4) is 18.1 Å². The number of nitrogens with zero attached hydrogens (tertiary/aromatic N) is 1. The average Bonchev–Trinajstić information content (AvgIpc) is 2.51. The average molecular weight is 274 g/mol. The molecule has 1 heterocycles. The SMILES string of the molecule is C#CCOc1cccc(CNCCN2CCOCC2)c1. The van der Waals surface area contributed by atoms with E-state index in [9.17, 15) is 0 Å². The van der Waals surface area contributed by atoms with E-state index in [0.717, 1.165) is 51.7 Å². The summed E-state index contributed by atoms with van der Waals surface area (Å²) in [6, 6.07) is 8.03. The predicted molar refractivity (Wildman–Crippen MR) is 79.7 cm³/mol. The Morgan fingerprint density at radius 2 is 2.20 bits per heavy atom. The lowest BCUT2D eigenvalue weighted by Crippen LogP contribution is -2.40. The van der Waals surface area contributed by atoms with Gasteiger partial charge in [0.2, 0.25) is 0 Å². The van der Waals surface area contributed by atoms with Crippen LogP contribution in [0.15, 0.2) is 24.3 Å². The van der Waals surface area contributed by atoms with Crippen molar-refractivity contribution in [2.24, 2.45) is 0 Å². The standard InChI is InChI=1S/C16H22N2O2/c1-2-10-20-16-5-3-4-15(13-16)14-17-6-7-18-8-11-19-12-9-18/h1,3-5,13,17H,6-12,14H2. The first kappa shape index (κ1) is 14.9. The Balaban J connectivity index is 1.66. The second-order valence-electron chi connectivity index (χ2n) is 4.77. The molecule has 1 fully saturated rings. The maximum atomic E-state index is 5.41. The van der Waals surface area contributed by atoms with Gasteiger partial charge >= 0.3 is 0 Å². The Kier molecular flexibility index (Phi) is 6.39. The molecule has 108 valence electrons. The minimum absolute atomic E-state index is 0.313. The highest BCUT2D eigenvalue weighted by Crippen LogP contribution is 2.12. The largest absolute Gasteiger partial charge is 0.481 e. The predicted octanol–water partition coefficient (Wildman–Crippen LogP) is 1.12. The van der Waals surface area contributed by atoms with Gasteiger partial charge in [0.05, 0.1) is 13.2 Å². The van der Waals surface area contributed by atoms with Crippen LogP contribution < -0.4 is 10.1 Å². The number of hydrogen-bond acceptors (Lipinski definition) is 4. The van der Waals surface area contributed by atoms with Gasteiger partial charge in [-0.2, -0.15) is 0 Å². The van der Waals surface area contributed by atoms with Crippen LogP contribution in [0.5, 0.6) is 5.75 Å². The smallest absolute Gasteiger partial charge is 0.148 e. The minimum Gasteiger partial charge on any atom is -0.481 e. The van der Waals surface area contributed by atoms with Gasteiger partial charge in [-0.05, 0) is 17.7 Å². The molecule has 1 aliphatic heterocycles. The summed E-state index contributed by atoms with van der Waals surface area (Å²) < 4.78 is 10.7. The summed E-state index contributed by atoms with van der Waals surface area (Å²) in [5.74, 6) is 3.30. The second-order valence-corrected chi connectivity index (χ2v) is 4.77. The van der Waals surface area contributed by atoms with Crippen molar-refractivity contribution >= 4 is 0 Å². The molecule has 20 heavy (non-hydrogen) atoms. The molecule has 1 saturated heterocycles. The molecule has 2 rings (SSSR count). The zero-order chi connectivity index (χ0) is 14.0. The molecule has 0 aliphatic carbocycles. The van der Waals surface area contributed by atoms with Crippen LogP contribution >= 0.6 is 0 Å². The first-order valence-corrected chi connectivity index (χ1v) is 7.04. The maximum Gasteiger partial charge on any atom is 0.148 e. The molecule has 0 radical (unpaired) electrons. The maximum absolute atomic E-state index is 5.41. The second kappa shape index (κ2) is 8.60. The molecule has 0 bridgehead atoms. The van der Waals surface area contributed by atoms with E-state index in [-0.39, 0.29) is 0 Å². The van der Waals surface area contributed by atoms with E-state index in [4.69, 9.17) is 15.9 Å². The molecule has 0 atom stereocenters. The minimum atomic E-state index is 0.313. The van der Waals surface area contributed by atoms with Gasteiger partial charge in [0.15, 0.2) is 0 Å². The lowest BCUT2D eigenvalue weighted by atomic mass is 10.2. The molecule has 0 spiro atoms. The number of ether oxygens (including phenoxy) is 2. The van der Waals surface area contributed by atoms with Crippen LogP contribution in [0.25, 0.3) is 0 Å². The van der Waals surface area contributed by atoms with Gasteiger partial charge in [0.25, 0.3) is 0 Å². The number of terminal acetylenes is 1. The van der Waals surface area contributed by atoms with E-state index in [1.54, 1.807) is 0 Å². The highest BCUT2D eigenvalue weighted by molar-refractivity contribution is 5.28. The van der Waals surface area contributed by atoms with E-state index in [1.807, 2.05) is 18.2 Å². The van der Waals surface area contributed by atoms with Crippen LogP contribution in [-0.4, -0.2) is 50.9 Å². The summed E-state index contributed by atoms with van der Waals surface area (Å²) in [5.41, 5.74) is 1.21. The van der Waals surface area contributed by atoms with Gasteiger partial charge < -0.3 is 14.8 Å². The molecule has 1 N–H and O–H groups in total. The number of hydrogen-bond donors (Lipinski definition) is 1. The van der Waals surface area contributed by atoms with Gasteiger partial charge in [0, 0.05) is 32.7 Å². The van der Waals surface area contributed by atoms with Gasteiger partial charge in [0.1, 0.15) is 12.4 Å². The molecule has 0 saturated carbocycles. The van der Waals surface area contributed by atoms with Crippen LogP contribution in [0, 0.1) is 12.3 Å². The lowest BCUT2D eigenvalue weighted by molar-refractivity contribution is 0.0384. The molecule has 0 unspecified atom stereocenters. The third-order valence-electron chi connectivity index (χ3n) is 3.26. The Labute approximate surface area is 121 Å². The van der Waals surface area contributed by atoms with Crippen molar-refractivity contribution in [3.63, 3.8) is 0 Å². The van der Waals surface area contributed by atoms with Crippen molar-refractivity contribution in [2.75, 3.05) is 46.0 Å². The van der Waals surface area contributed by atoms with Crippen molar-refractivity contribution < 1.29 is 9.47 Å². The Morgan fingerprint density at radius 1 is 1.35 bits per heavy atom. The van der Waals surface area contributed by atoms with Crippen LogP contribution in [0.1, 0.15) is 5.56 Å². The summed E-state index contributed by atoms with van der Waals surface area (Å²) in [6.45, 7) is 6.99. The fourth-order valence-corrected chi connectivity index (χ4v) is 2.16. The van der Waals surface area contributed by atoms with Crippen LogP contribution in [0.2, 0.25) is 0 Å². The molecule has 1 aromatic carbocycles. The van der Waals surface area contributed by atoms with E-state index >= 15 is 0 Å². The van der Waals surface area contributed by atoms with Gasteiger partial charge in [-0.25, -0.2) is 0 Å². The fraction of sp³-hybridized carbons (Fsp3) is 0.500. The van der Waals surface area contributed by atoms with Crippen LogP contribution in [0.4, 0.5) is 0 Å². The zero-order valence-corrected chi connectivity index (χ0v) is 11.8. The third kappa shape index (κ3) is 5.22. The van der Waals surface area contributed by atoms with Crippen molar-refractivity contribution in [1.29, 1.82) is 0 Å². The number of morpholine rings is 1. The Hall–Kier alpha value is -1.54. The third-order valence-corrected chi connectivity index (χ3v) is 3.26. The van der Waals surface area contributed by atoms with Crippen LogP contribution in [0.3, 0.4) is 0 Å². The number of benzene rings is 1. The van der Waals surface area contributed by atoms with Gasteiger partial charge in [-0.15, -0.1) is 6.42 Å². The van der Waals surface area contributed by atoms with Crippen molar-refractivity contribution in [2.45, 2.75) is 6.54 Å². The van der Waals surface area contributed by atoms with Gasteiger partial charge in [-0.1, -0.05) is 18.1 Å². The van der Waals surface area contributed by atoms with Gasteiger partial charge in [-0.3, -0.25) is 4.90 Å². The van der Waals surface area contributed by atoms with E-state index < -0.39 is 0 Å². The number of nitrogens with one attached hydrogen (secondary N) is 1. The monoisotopic (exact) mass is 274 g/mol. The first-order valence-electron chi connectivity index (χ1n) is 7.04. The molecule has 4 nitrogen and oxygen atoms in total. The Morgan fingerprint density at radius 3 is 3.00 bits per heavy atom. The zero-order valence-electron chi connectivity index (χ0n) is 11.8. The summed E-state index contributed by atoms with van der Waals surface area (Å²) in [4.78, 5) is 2.42. The fourth-order valence-electron chi connectivity index (χ4n) is 2.16. The summed E-state index contributed by atoms with van der Waals surface area (Å²) >= 11 is 0. The summed E-state index contributed by atoms with van der Waals surface area (Å²) in [7, 11) is 0. The molecule has 1 aliphatic rings. The Bertz CT molecular complexity index is 436. The quantitative estimate of drug-likeness (QED) is 0.597. The molecule has 0 amide bonds.